The van der Waals surface area contributed by atoms with Gasteiger partial charge in [0, 0.05) is 14.9 Å². The summed E-state index contributed by atoms with van der Waals surface area (Å²) in [4.78, 5) is 0.563. The first-order chi connectivity index (χ1) is 6.99. The standard InChI is InChI=1S/C11H14BrFOS/c1-6(2)11(14)9-7(12)4-5-8(15-3)10(9)13/h4-6,11,14H,1-3H3. The van der Waals surface area contributed by atoms with Crippen LogP contribution in [0.25, 0.3) is 0 Å². The van der Waals surface area contributed by atoms with Crippen LogP contribution >= 0.6 is 27.7 Å². The summed E-state index contributed by atoms with van der Waals surface area (Å²) in [5, 5.41) is 9.90. The van der Waals surface area contributed by atoms with Crippen LogP contribution in [0.5, 0.6) is 0 Å². The van der Waals surface area contributed by atoms with Crippen LogP contribution in [-0.4, -0.2) is 11.4 Å². The molecule has 1 nitrogen and oxygen atoms in total. The highest BCUT2D eigenvalue weighted by Crippen LogP contribution is 2.34. The van der Waals surface area contributed by atoms with Crippen molar-refractivity contribution in [3.05, 3.63) is 28.0 Å². The van der Waals surface area contributed by atoms with Crippen LogP contribution in [0.2, 0.25) is 0 Å². The lowest BCUT2D eigenvalue weighted by Crippen LogP contribution is -2.09. The summed E-state index contributed by atoms with van der Waals surface area (Å²) in [6.07, 6.45) is 1.05. The average molecular weight is 293 g/mol. The van der Waals surface area contributed by atoms with Crippen LogP contribution in [-0.2, 0) is 0 Å². The maximum absolute atomic E-state index is 13.9. The first-order valence-electron chi connectivity index (χ1n) is 4.69. The third-order valence-corrected chi connectivity index (χ3v) is 3.68. The number of benzene rings is 1. The molecule has 1 aromatic rings. The largest absolute Gasteiger partial charge is 0.388 e. The van der Waals surface area contributed by atoms with E-state index in [4.69, 9.17) is 0 Å². The van der Waals surface area contributed by atoms with Gasteiger partial charge >= 0.3 is 0 Å². The fourth-order valence-electron chi connectivity index (χ4n) is 1.31. The first-order valence-corrected chi connectivity index (χ1v) is 6.70. The van der Waals surface area contributed by atoms with E-state index in [0.717, 1.165) is 0 Å². The van der Waals surface area contributed by atoms with Crippen molar-refractivity contribution < 1.29 is 9.50 Å². The van der Waals surface area contributed by atoms with Gasteiger partial charge in [0.05, 0.1) is 6.10 Å². The van der Waals surface area contributed by atoms with Crippen molar-refractivity contribution in [3.8, 4) is 0 Å². The minimum atomic E-state index is -0.772. The summed E-state index contributed by atoms with van der Waals surface area (Å²) >= 11 is 4.61. The summed E-state index contributed by atoms with van der Waals surface area (Å²) in [6.45, 7) is 3.73. The van der Waals surface area contributed by atoms with E-state index >= 15 is 0 Å². The van der Waals surface area contributed by atoms with Crippen molar-refractivity contribution in [1.29, 1.82) is 0 Å². The quantitative estimate of drug-likeness (QED) is 0.850. The molecule has 0 amide bonds. The van der Waals surface area contributed by atoms with Crippen molar-refractivity contribution in [3.63, 3.8) is 0 Å². The predicted octanol–water partition coefficient (Wildman–Crippen LogP) is 4.00. The van der Waals surface area contributed by atoms with Gasteiger partial charge in [0.25, 0.3) is 0 Å². The normalized spacial score (nSPS) is 13.3. The minimum absolute atomic E-state index is 0.00657. The van der Waals surface area contributed by atoms with Gasteiger partial charge in [-0.25, -0.2) is 4.39 Å². The Morgan fingerprint density at radius 1 is 1.40 bits per heavy atom. The third-order valence-electron chi connectivity index (χ3n) is 2.24. The van der Waals surface area contributed by atoms with Crippen molar-refractivity contribution in [2.75, 3.05) is 6.26 Å². The van der Waals surface area contributed by atoms with E-state index in [2.05, 4.69) is 15.9 Å². The van der Waals surface area contributed by atoms with E-state index in [9.17, 15) is 9.50 Å². The fourth-order valence-corrected chi connectivity index (χ4v) is 2.35. The Labute approximate surface area is 102 Å². The first kappa shape index (κ1) is 13.0. The molecule has 4 heteroatoms. The summed E-state index contributed by atoms with van der Waals surface area (Å²) < 4.78 is 14.6. The Balaban J connectivity index is 3.26. The molecule has 15 heavy (non-hydrogen) atoms. The van der Waals surface area contributed by atoms with Gasteiger partial charge in [-0.2, -0.15) is 0 Å². The summed E-state index contributed by atoms with van der Waals surface area (Å²) in [6, 6.07) is 3.48. The number of thioether (sulfide) groups is 1. The van der Waals surface area contributed by atoms with Crippen LogP contribution < -0.4 is 0 Å². The molecule has 0 spiro atoms. The Kier molecular flexibility index (Phi) is 4.62. The van der Waals surface area contributed by atoms with Gasteiger partial charge in [0.1, 0.15) is 5.82 Å². The van der Waals surface area contributed by atoms with Gasteiger partial charge in [-0.3, -0.25) is 0 Å². The second-order valence-electron chi connectivity index (χ2n) is 3.67. The van der Waals surface area contributed by atoms with Crippen molar-refractivity contribution in [2.45, 2.75) is 24.8 Å². The van der Waals surface area contributed by atoms with Crippen molar-refractivity contribution >= 4 is 27.7 Å². The number of aliphatic hydroxyl groups is 1. The van der Waals surface area contributed by atoms with Gasteiger partial charge in [-0.1, -0.05) is 29.8 Å². The van der Waals surface area contributed by atoms with Crippen LogP contribution in [0.1, 0.15) is 25.5 Å². The molecule has 0 aromatic heterocycles. The fraction of sp³-hybridized carbons (Fsp3) is 0.455. The van der Waals surface area contributed by atoms with Crippen molar-refractivity contribution in [1.82, 2.24) is 0 Å². The molecule has 0 aliphatic carbocycles. The Hall–Kier alpha value is -0.0600. The zero-order chi connectivity index (χ0) is 11.6. The molecule has 1 atom stereocenters. The maximum atomic E-state index is 13.9. The number of hydrogen-bond donors (Lipinski definition) is 1. The molecule has 0 saturated heterocycles. The summed E-state index contributed by atoms with van der Waals surface area (Å²) in [7, 11) is 0. The predicted molar refractivity (Wildman–Crippen MR) is 65.7 cm³/mol. The van der Waals surface area contributed by atoms with E-state index in [1.54, 1.807) is 12.1 Å². The number of rotatable bonds is 3. The van der Waals surface area contributed by atoms with E-state index in [1.165, 1.54) is 11.8 Å². The molecule has 1 N–H and O–H groups in total. The van der Waals surface area contributed by atoms with Crippen molar-refractivity contribution in [2.24, 2.45) is 5.92 Å². The zero-order valence-corrected chi connectivity index (χ0v) is 11.3. The average Bonchev–Trinajstić information content (AvgIpc) is 2.17. The third kappa shape index (κ3) is 2.74. The van der Waals surface area contributed by atoms with Crippen LogP contribution in [0.3, 0.4) is 0 Å². The molecule has 1 unspecified atom stereocenters. The second-order valence-corrected chi connectivity index (χ2v) is 5.37. The molecule has 1 rings (SSSR count). The van der Waals surface area contributed by atoms with Crippen LogP contribution in [0, 0.1) is 11.7 Å². The van der Waals surface area contributed by atoms with E-state index < -0.39 is 6.10 Å². The molecule has 0 heterocycles. The van der Waals surface area contributed by atoms with E-state index in [0.29, 0.717) is 14.9 Å². The molecule has 0 aliphatic rings. The Bertz CT molecular complexity index is 355. The van der Waals surface area contributed by atoms with Crippen LogP contribution in [0.15, 0.2) is 21.5 Å². The molecule has 84 valence electrons. The number of hydrogen-bond acceptors (Lipinski definition) is 2. The molecule has 0 saturated carbocycles. The zero-order valence-electron chi connectivity index (χ0n) is 8.92. The second kappa shape index (κ2) is 5.32. The number of aliphatic hydroxyl groups excluding tert-OH is 1. The molecule has 0 fully saturated rings. The highest BCUT2D eigenvalue weighted by atomic mass is 79.9. The summed E-state index contributed by atoms with van der Waals surface area (Å²) in [5.74, 6) is -0.328. The SMILES string of the molecule is CSc1ccc(Br)c(C(O)C(C)C)c1F. The molecule has 1 aromatic carbocycles. The molecule has 0 radical (unpaired) electrons. The van der Waals surface area contributed by atoms with E-state index in [-0.39, 0.29) is 11.7 Å². The smallest absolute Gasteiger partial charge is 0.143 e. The molecule has 0 aliphatic heterocycles. The maximum Gasteiger partial charge on any atom is 0.143 e. The highest BCUT2D eigenvalue weighted by Gasteiger charge is 2.21. The molecular weight excluding hydrogens is 279 g/mol. The summed E-state index contributed by atoms with van der Waals surface area (Å²) in [5.41, 5.74) is 0.358. The molecular formula is C11H14BrFOS. The topological polar surface area (TPSA) is 20.2 Å². The van der Waals surface area contributed by atoms with Crippen LogP contribution in [0.4, 0.5) is 4.39 Å². The van der Waals surface area contributed by atoms with Gasteiger partial charge in [-0.15, -0.1) is 11.8 Å². The van der Waals surface area contributed by atoms with Gasteiger partial charge in [0.2, 0.25) is 0 Å². The Morgan fingerprint density at radius 3 is 2.47 bits per heavy atom. The monoisotopic (exact) mass is 292 g/mol. The lowest BCUT2D eigenvalue weighted by Gasteiger charge is -2.18. The van der Waals surface area contributed by atoms with Gasteiger partial charge < -0.3 is 5.11 Å². The van der Waals surface area contributed by atoms with Gasteiger partial charge in [-0.05, 0) is 24.3 Å². The Morgan fingerprint density at radius 2 is 2.00 bits per heavy atom. The highest BCUT2D eigenvalue weighted by molar-refractivity contribution is 9.10. The lowest BCUT2D eigenvalue weighted by molar-refractivity contribution is 0.121. The minimum Gasteiger partial charge on any atom is -0.388 e. The number of halogens is 2. The molecule has 0 bridgehead atoms. The lowest BCUT2D eigenvalue weighted by atomic mass is 9.99. The van der Waals surface area contributed by atoms with E-state index in [1.807, 2.05) is 20.1 Å². The van der Waals surface area contributed by atoms with Gasteiger partial charge in [0.15, 0.2) is 0 Å².